The first-order valence-electron chi connectivity index (χ1n) is 6.46. The molecule has 1 aliphatic heterocycles. The summed E-state index contributed by atoms with van der Waals surface area (Å²) in [5, 5.41) is 11.8. The maximum atomic E-state index is 12.0. The minimum Gasteiger partial charge on any atom is -0.352 e. The number of hydrogen-bond donors (Lipinski definition) is 1. The summed E-state index contributed by atoms with van der Waals surface area (Å²) in [6, 6.07) is 2.08. The number of nitrogens with zero attached hydrogens (tertiary/aromatic N) is 2. The van der Waals surface area contributed by atoms with Crippen molar-refractivity contribution < 1.29 is 4.79 Å². The molecule has 1 N–H and O–H groups in total. The zero-order valence-electron chi connectivity index (χ0n) is 11.1. The molecule has 2 atom stereocenters. The Balaban J connectivity index is 2.67. The van der Waals surface area contributed by atoms with Gasteiger partial charge in [-0.3, -0.25) is 9.69 Å². The van der Waals surface area contributed by atoms with Crippen molar-refractivity contribution >= 4 is 5.91 Å². The number of carbonyl (C=O) groups excluding carboxylic acids is 1. The molecule has 0 aromatic heterocycles. The van der Waals surface area contributed by atoms with Crippen LogP contribution >= 0.6 is 0 Å². The Morgan fingerprint density at radius 2 is 2.29 bits per heavy atom. The van der Waals surface area contributed by atoms with Crippen molar-refractivity contribution in [3.8, 4) is 6.07 Å². The average Bonchev–Trinajstić information content (AvgIpc) is 2.38. The van der Waals surface area contributed by atoms with Gasteiger partial charge in [0.25, 0.3) is 0 Å². The van der Waals surface area contributed by atoms with Crippen LogP contribution < -0.4 is 5.32 Å². The van der Waals surface area contributed by atoms with Crippen molar-refractivity contribution in [2.24, 2.45) is 5.92 Å². The molecule has 0 radical (unpaired) electrons. The number of carbonyl (C=O) groups is 1. The van der Waals surface area contributed by atoms with Crippen molar-refractivity contribution in [3.63, 3.8) is 0 Å². The molecule has 1 rings (SSSR count). The Bertz CT molecular complexity index is 296. The van der Waals surface area contributed by atoms with E-state index in [0.717, 1.165) is 25.9 Å². The van der Waals surface area contributed by atoms with E-state index in [-0.39, 0.29) is 24.4 Å². The van der Waals surface area contributed by atoms with Crippen LogP contribution in [0.4, 0.5) is 0 Å². The Labute approximate surface area is 104 Å². The summed E-state index contributed by atoms with van der Waals surface area (Å²) in [6.45, 7) is 8.19. The van der Waals surface area contributed by atoms with E-state index >= 15 is 0 Å². The van der Waals surface area contributed by atoms with Gasteiger partial charge in [0.2, 0.25) is 5.91 Å². The lowest BCUT2D eigenvalue weighted by atomic mass is 10.1. The number of amides is 1. The van der Waals surface area contributed by atoms with Crippen LogP contribution in [0.5, 0.6) is 0 Å². The number of rotatable bonds is 4. The van der Waals surface area contributed by atoms with E-state index < -0.39 is 0 Å². The van der Waals surface area contributed by atoms with Gasteiger partial charge >= 0.3 is 0 Å². The van der Waals surface area contributed by atoms with Gasteiger partial charge in [-0.25, -0.2) is 0 Å². The highest BCUT2D eigenvalue weighted by atomic mass is 16.2. The van der Waals surface area contributed by atoms with Crippen LogP contribution in [-0.4, -0.2) is 36.0 Å². The van der Waals surface area contributed by atoms with Crippen LogP contribution in [0, 0.1) is 17.2 Å². The molecule has 1 aliphatic rings. The summed E-state index contributed by atoms with van der Waals surface area (Å²) in [5.74, 6) is 0.641. The molecule has 1 heterocycles. The van der Waals surface area contributed by atoms with E-state index in [1.165, 1.54) is 0 Å². The third-order valence-electron chi connectivity index (χ3n) is 3.26. The Morgan fingerprint density at radius 1 is 1.59 bits per heavy atom. The second-order valence-corrected chi connectivity index (χ2v) is 5.29. The zero-order valence-corrected chi connectivity index (χ0v) is 11.1. The van der Waals surface area contributed by atoms with Gasteiger partial charge in [0, 0.05) is 12.6 Å². The van der Waals surface area contributed by atoms with E-state index in [0.29, 0.717) is 5.92 Å². The highest BCUT2D eigenvalue weighted by Crippen LogP contribution is 2.14. The van der Waals surface area contributed by atoms with Crippen LogP contribution in [0.25, 0.3) is 0 Å². The topological polar surface area (TPSA) is 56.1 Å². The van der Waals surface area contributed by atoms with E-state index in [1.807, 2.05) is 6.92 Å². The van der Waals surface area contributed by atoms with E-state index in [2.05, 4.69) is 30.1 Å². The van der Waals surface area contributed by atoms with Gasteiger partial charge in [-0.1, -0.05) is 13.8 Å². The monoisotopic (exact) mass is 237 g/mol. The summed E-state index contributed by atoms with van der Waals surface area (Å²) in [7, 11) is 0. The molecular formula is C13H23N3O. The van der Waals surface area contributed by atoms with Crippen molar-refractivity contribution in [2.45, 2.75) is 52.1 Å². The number of nitriles is 1. The quantitative estimate of drug-likeness (QED) is 0.806. The van der Waals surface area contributed by atoms with E-state index in [9.17, 15) is 4.79 Å². The van der Waals surface area contributed by atoms with E-state index in [1.54, 1.807) is 0 Å². The Hall–Kier alpha value is -1.08. The molecule has 0 bridgehead atoms. The van der Waals surface area contributed by atoms with Gasteiger partial charge in [-0.2, -0.15) is 5.26 Å². The molecule has 2 unspecified atom stereocenters. The second kappa shape index (κ2) is 6.61. The van der Waals surface area contributed by atoms with Gasteiger partial charge in [-0.15, -0.1) is 0 Å². The lowest BCUT2D eigenvalue weighted by molar-refractivity contribution is -0.125. The van der Waals surface area contributed by atoms with Gasteiger partial charge in [-0.05, 0) is 32.2 Å². The molecule has 0 aromatic rings. The molecule has 96 valence electrons. The molecule has 0 saturated carbocycles. The van der Waals surface area contributed by atoms with Crippen molar-refractivity contribution in [1.82, 2.24) is 10.2 Å². The predicted octanol–water partition coefficient (Wildman–Crippen LogP) is 1.53. The minimum atomic E-state index is -0.260. The van der Waals surface area contributed by atoms with Crippen LogP contribution in [-0.2, 0) is 4.79 Å². The SMILES string of the molecule is CC(C)CCN1CCC(C)NC(=O)C1CC#N. The summed E-state index contributed by atoms with van der Waals surface area (Å²) >= 11 is 0. The van der Waals surface area contributed by atoms with Gasteiger partial charge in [0.1, 0.15) is 6.04 Å². The molecule has 1 saturated heterocycles. The van der Waals surface area contributed by atoms with Gasteiger partial charge in [0.15, 0.2) is 0 Å². The molecule has 4 heteroatoms. The standard InChI is InChI=1S/C13H23N3O/c1-10(2)5-8-16-9-6-11(3)15-13(17)12(16)4-7-14/h10-12H,4-6,8-9H2,1-3H3,(H,15,17). The smallest absolute Gasteiger partial charge is 0.238 e. The van der Waals surface area contributed by atoms with Crippen molar-refractivity contribution in [2.75, 3.05) is 13.1 Å². The molecule has 0 aromatic carbocycles. The fourth-order valence-electron chi connectivity index (χ4n) is 2.09. The maximum Gasteiger partial charge on any atom is 0.238 e. The first-order chi connectivity index (χ1) is 8.04. The first kappa shape index (κ1) is 14.0. The van der Waals surface area contributed by atoms with Crippen LogP contribution in [0.1, 0.15) is 40.0 Å². The summed E-state index contributed by atoms with van der Waals surface area (Å²) < 4.78 is 0. The molecule has 0 aliphatic carbocycles. The lowest BCUT2D eigenvalue weighted by Gasteiger charge is -2.27. The normalized spacial score (nSPS) is 26.4. The van der Waals surface area contributed by atoms with Crippen LogP contribution in [0.15, 0.2) is 0 Å². The van der Waals surface area contributed by atoms with E-state index in [4.69, 9.17) is 5.26 Å². The Morgan fingerprint density at radius 3 is 2.88 bits per heavy atom. The summed E-state index contributed by atoms with van der Waals surface area (Å²) in [4.78, 5) is 14.1. The zero-order chi connectivity index (χ0) is 12.8. The van der Waals surface area contributed by atoms with Crippen molar-refractivity contribution in [3.05, 3.63) is 0 Å². The third-order valence-corrected chi connectivity index (χ3v) is 3.26. The molecule has 0 spiro atoms. The average molecular weight is 237 g/mol. The molecule has 17 heavy (non-hydrogen) atoms. The van der Waals surface area contributed by atoms with Crippen LogP contribution in [0.2, 0.25) is 0 Å². The first-order valence-corrected chi connectivity index (χ1v) is 6.46. The fourth-order valence-corrected chi connectivity index (χ4v) is 2.09. The fraction of sp³-hybridized carbons (Fsp3) is 0.846. The lowest BCUT2D eigenvalue weighted by Crippen LogP contribution is -2.45. The summed E-state index contributed by atoms with van der Waals surface area (Å²) in [6.07, 6.45) is 2.33. The third kappa shape index (κ3) is 4.35. The predicted molar refractivity (Wildman–Crippen MR) is 67.3 cm³/mol. The highest BCUT2D eigenvalue weighted by Gasteiger charge is 2.29. The molecular weight excluding hydrogens is 214 g/mol. The molecule has 1 fully saturated rings. The largest absolute Gasteiger partial charge is 0.352 e. The molecule has 1 amide bonds. The number of hydrogen-bond acceptors (Lipinski definition) is 3. The minimum absolute atomic E-state index is 0.0142. The van der Waals surface area contributed by atoms with Crippen LogP contribution in [0.3, 0.4) is 0 Å². The maximum absolute atomic E-state index is 12.0. The van der Waals surface area contributed by atoms with Gasteiger partial charge < -0.3 is 5.32 Å². The van der Waals surface area contributed by atoms with Crippen molar-refractivity contribution in [1.29, 1.82) is 5.26 Å². The highest BCUT2D eigenvalue weighted by molar-refractivity contribution is 5.82. The Kier molecular flexibility index (Phi) is 5.43. The summed E-state index contributed by atoms with van der Waals surface area (Å²) in [5.41, 5.74) is 0. The molecule has 4 nitrogen and oxygen atoms in total. The van der Waals surface area contributed by atoms with Gasteiger partial charge in [0.05, 0.1) is 12.5 Å². The number of nitrogens with one attached hydrogen (secondary N) is 1. The second-order valence-electron chi connectivity index (χ2n) is 5.29.